The minimum Gasteiger partial charge on any atom is -0.465 e. The molecule has 0 aromatic carbocycles. The van der Waals surface area contributed by atoms with Crippen LogP contribution in [-0.4, -0.2) is 37.7 Å². The van der Waals surface area contributed by atoms with Crippen molar-refractivity contribution in [1.82, 2.24) is 25.3 Å². The average Bonchev–Trinajstić information content (AvgIpc) is 2.84. The van der Waals surface area contributed by atoms with Crippen molar-refractivity contribution < 1.29 is 9.90 Å². The van der Waals surface area contributed by atoms with Gasteiger partial charge in [-0.1, -0.05) is 11.3 Å². The molecule has 0 aliphatic carbocycles. The lowest BCUT2D eigenvalue weighted by Gasteiger charge is -2.00. The van der Waals surface area contributed by atoms with Crippen LogP contribution in [0.4, 0.5) is 4.79 Å². The van der Waals surface area contributed by atoms with Crippen LogP contribution < -0.4 is 5.32 Å². The molecule has 2 N–H and O–H groups in total. The van der Waals surface area contributed by atoms with E-state index in [-0.39, 0.29) is 0 Å². The van der Waals surface area contributed by atoms with Gasteiger partial charge in [0.05, 0.1) is 11.9 Å². The molecule has 0 spiro atoms. The van der Waals surface area contributed by atoms with Gasteiger partial charge in [-0.2, -0.15) is 0 Å². The molecule has 1 amide bonds. The third-order valence-corrected chi connectivity index (χ3v) is 2.31. The normalized spacial score (nSPS) is 10.2. The van der Waals surface area contributed by atoms with Crippen molar-refractivity contribution in [3.05, 3.63) is 30.6 Å². The van der Waals surface area contributed by atoms with Crippen LogP contribution in [0.1, 0.15) is 6.42 Å². The zero-order valence-corrected chi connectivity index (χ0v) is 9.65. The Morgan fingerprint density at radius 2 is 2.28 bits per heavy atom. The van der Waals surface area contributed by atoms with Gasteiger partial charge in [-0.05, 0) is 18.6 Å². The maximum Gasteiger partial charge on any atom is 0.404 e. The van der Waals surface area contributed by atoms with Gasteiger partial charge in [0.2, 0.25) is 0 Å². The van der Waals surface area contributed by atoms with Crippen LogP contribution >= 0.6 is 0 Å². The largest absolute Gasteiger partial charge is 0.465 e. The van der Waals surface area contributed by atoms with Gasteiger partial charge in [0.1, 0.15) is 5.69 Å². The summed E-state index contributed by atoms with van der Waals surface area (Å²) in [6, 6.07) is 5.59. The van der Waals surface area contributed by atoms with Crippen molar-refractivity contribution in [1.29, 1.82) is 0 Å². The van der Waals surface area contributed by atoms with Crippen molar-refractivity contribution in [2.45, 2.75) is 13.0 Å². The molecule has 2 aromatic heterocycles. The summed E-state index contributed by atoms with van der Waals surface area (Å²) in [5, 5.41) is 18.7. The van der Waals surface area contributed by atoms with Crippen LogP contribution in [-0.2, 0) is 6.54 Å². The Kier molecular flexibility index (Phi) is 3.85. The quantitative estimate of drug-likeness (QED) is 0.769. The number of amides is 1. The standard InChI is InChI=1S/C11H13N5O2/c17-11(18)13-6-3-7-16-8-10(14-15-16)9-4-1-2-5-12-9/h1-2,4-5,8,13H,3,6-7H2,(H,17,18). The summed E-state index contributed by atoms with van der Waals surface area (Å²) in [5.41, 5.74) is 1.48. The molecular weight excluding hydrogens is 234 g/mol. The molecule has 18 heavy (non-hydrogen) atoms. The van der Waals surface area contributed by atoms with Crippen molar-refractivity contribution in [3.8, 4) is 11.4 Å². The fraction of sp³-hybridized carbons (Fsp3) is 0.273. The van der Waals surface area contributed by atoms with Crippen LogP contribution in [0.2, 0.25) is 0 Å². The van der Waals surface area contributed by atoms with Crippen molar-refractivity contribution in [2.75, 3.05) is 6.54 Å². The first kappa shape index (κ1) is 12.0. The highest BCUT2D eigenvalue weighted by Crippen LogP contribution is 2.11. The molecule has 2 rings (SSSR count). The molecule has 0 saturated carbocycles. The second-order valence-electron chi connectivity index (χ2n) is 3.67. The van der Waals surface area contributed by atoms with Gasteiger partial charge in [-0.15, -0.1) is 5.10 Å². The number of hydrogen-bond donors (Lipinski definition) is 2. The summed E-state index contributed by atoms with van der Waals surface area (Å²) in [4.78, 5) is 14.4. The number of aryl methyl sites for hydroxylation is 1. The van der Waals surface area contributed by atoms with Gasteiger partial charge in [0, 0.05) is 19.3 Å². The lowest BCUT2D eigenvalue weighted by atomic mass is 10.3. The number of nitrogens with zero attached hydrogens (tertiary/aromatic N) is 4. The topological polar surface area (TPSA) is 92.9 Å². The van der Waals surface area contributed by atoms with Gasteiger partial charge in [0.25, 0.3) is 0 Å². The van der Waals surface area contributed by atoms with E-state index >= 15 is 0 Å². The van der Waals surface area contributed by atoms with Crippen molar-refractivity contribution >= 4 is 6.09 Å². The Morgan fingerprint density at radius 1 is 1.39 bits per heavy atom. The minimum atomic E-state index is -1.01. The third kappa shape index (κ3) is 3.27. The first-order valence-corrected chi connectivity index (χ1v) is 5.54. The second kappa shape index (κ2) is 5.76. The van der Waals surface area contributed by atoms with Gasteiger partial charge in [-0.25, -0.2) is 4.79 Å². The van der Waals surface area contributed by atoms with Crippen LogP contribution in [0, 0.1) is 0 Å². The number of aromatic nitrogens is 4. The predicted molar refractivity (Wildman–Crippen MR) is 63.9 cm³/mol. The highest BCUT2D eigenvalue weighted by molar-refractivity contribution is 5.64. The summed E-state index contributed by atoms with van der Waals surface area (Å²) in [7, 11) is 0. The molecule has 94 valence electrons. The maximum atomic E-state index is 10.2. The molecular formula is C11H13N5O2. The molecule has 2 heterocycles. The van der Waals surface area contributed by atoms with E-state index in [4.69, 9.17) is 5.11 Å². The van der Waals surface area contributed by atoms with Crippen LogP contribution in [0.25, 0.3) is 11.4 Å². The zero-order valence-electron chi connectivity index (χ0n) is 9.65. The Morgan fingerprint density at radius 3 is 3.00 bits per heavy atom. The van der Waals surface area contributed by atoms with E-state index in [9.17, 15) is 4.79 Å². The Labute approximate surface area is 103 Å². The number of carbonyl (C=O) groups is 1. The monoisotopic (exact) mass is 247 g/mol. The fourth-order valence-electron chi connectivity index (χ4n) is 1.48. The van der Waals surface area contributed by atoms with E-state index in [1.54, 1.807) is 17.1 Å². The Bertz CT molecular complexity index is 511. The number of rotatable bonds is 5. The molecule has 0 fully saturated rings. The smallest absolute Gasteiger partial charge is 0.404 e. The summed E-state index contributed by atoms with van der Waals surface area (Å²) in [6.07, 6.45) is 3.15. The lowest BCUT2D eigenvalue weighted by molar-refractivity contribution is 0.194. The van der Waals surface area contributed by atoms with E-state index < -0.39 is 6.09 Å². The van der Waals surface area contributed by atoms with E-state index in [0.29, 0.717) is 25.2 Å². The highest BCUT2D eigenvalue weighted by Gasteiger charge is 2.04. The number of nitrogens with one attached hydrogen (secondary N) is 1. The average molecular weight is 247 g/mol. The van der Waals surface area contributed by atoms with Crippen LogP contribution in [0.3, 0.4) is 0 Å². The molecule has 0 radical (unpaired) electrons. The van der Waals surface area contributed by atoms with E-state index in [1.165, 1.54) is 0 Å². The van der Waals surface area contributed by atoms with Crippen molar-refractivity contribution in [2.24, 2.45) is 0 Å². The van der Waals surface area contributed by atoms with Gasteiger partial charge >= 0.3 is 6.09 Å². The van der Waals surface area contributed by atoms with E-state index in [1.807, 2.05) is 18.2 Å². The summed E-state index contributed by atoms with van der Waals surface area (Å²) < 4.78 is 1.67. The molecule has 2 aromatic rings. The number of hydrogen-bond acceptors (Lipinski definition) is 4. The Hall–Kier alpha value is -2.44. The van der Waals surface area contributed by atoms with Crippen LogP contribution in [0.5, 0.6) is 0 Å². The van der Waals surface area contributed by atoms with Gasteiger partial charge in [0.15, 0.2) is 0 Å². The molecule has 0 atom stereocenters. The van der Waals surface area contributed by atoms with Crippen LogP contribution in [0.15, 0.2) is 30.6 Å². The Balaban J connectivity index is 1.89. The maximum absolute atomic E-state index is 10.2. The summed E-state index contributed by atoms with van der Waals surface area (Å²) in [6.45, 7) is 1.01. The lowest BCUT2D eigenvalue weighted by Crippen LogP contribution is -2.22. The number of carboxylic acid groups (broad SMARTS) is 1. The molecule has 7 heteroatoms. The zero-order chi connectivity index (χ0) is 12.8. The van der Waals surface area contributed by atoms with Crippen molar-refractivity contribution in [3.63, 3.8) is 0 Å². The molecule has 7 nitrogen and oxygen atoms in total. The third-order valence-electron chi connectivity index (χ3n) is 2.31. The highest BCUT2D eigenvalue weighted by atomic mass is 16.4. The molecule has 0 bridgehead atoms. The molecule has 0 aliphatic rings. The minimum absolute atomic E-state index is 0.397. The van der Waals surface area contributed by atoms with E-state index in [0.717, 1.165) is 5.69 Å². The first-order valence-electron chi connectivity index (χ1n) is 5.54. The first-order chi connectivity index (χ1) is 8.75. The van der Waals surface area contributed by atoms with E-state index in [2.05, 4.69) is 20.6 Å². The summed E-state index contributed by atoms with van der Waals surface area (Å²) in [5.74, 6) is 0. The molecule has 0 saturated heterocycles. The molecule has 0 unspecified atom stereocenters. The molecule has 0 aliphatic heterocycles. The predicted octanol–water partition coefficient (Wildman–Crippen LogP) is 0.998. The second-order valence-corrected chi connectivity index (χ2v) is 3.67. The summed E-state index contributed by atoms with van der Waals surface area (Å²) >= 11 is 0. The SMILES string of the molecule is O=C(O)NCCCn1cc(-c2ccccn2)nn1. The van der Waals surface area contributed by atoms with Gasteiger partial charge < -0.3 is 10.4 Å². The van der Waals surface area contributed by atoms with Gasteiger partial charge in [-0.3, -0.25) is 9.67 Å². The fourth-order valence-corrected chi connectivity index (χ4v) is 1.48. The number of pyridine rings is 1.